The number of carbonyl (C=O) groups is 2. The SMILES string of the molecule is CC(=O)c1cccc(Nc2ncnc(NNC(=O)c3ccc(F)cc3)c2[N+](=O)[O-])c1. The van der Waals surface area contributed by atoms with Gasteiger partial charge in [0.25, 0.3) is 5.91 Å². The van der Waals surface area contributed by atoms with Gasteiger partial charge in [-0.1, -0.05) is 12.1 Å². The molecule has 0 aliphatic rings. The smallest absolute Gasteiger partial charge is 0.334 e. The second-order valence-corrected chi connectivity index (χ2v) is 6.02. The number of nitrogens with zero attached hydrogens (tertiary/aromatic N) is 3. The van der Waals surface area contributed by atoms with E-state index in [9.17, 15) is 24.1 Å². The van der Waals surface area contributed by atoms with Crippen LogP contribution in [0.5, 0.6) is 0 Å². The molecule has 0 saturated heterocycles. The Labute approximate surface area is 169 Å². The molecule has 1 amide bonds. The van der Waals surface area contributed by atoms with Crippen molar-refractivity contribution in [3.05, 3.63) is 81.9 Å². The molecule has 152 valence electrons. The molecule has 0 atom stereocenters. The van der Waals surface area contributed by atoms with E-state index in [1.165, 1.54) is 25.1 Å². The highest BCUT2D eigenvalue weighted by Gasteiger charge is 2.24. The fourth-order valence-corrected chi connectivity index (χ4v) is 2.48. The average molecular weight is 410 g/mol. The third-order valence-electron chi connectivity index (χ3n) is 3.94. The van der Waals surface area contributed by atoms with Gasteiger partial charge in [0.2, 0.25) is 11.6 Å². The number of nitrogens with one attached hydrogen (secondary N) is 3. The molecule has 1 heterocycles. The number of hydrogen-bond acceptors (Lipinski definition) is 8. The Morgan fingerprint density at radius 3 is 2.40 bits per heavy atom. The third kappa shape index (κ3) is 4.70. The zero-order valence-corrected chi connectivity index (χ0v) is 15.5. The summed E-state index contributed by atoms with van der Waals surface area (Å²) in [5.74, 6) is -1.73. The van der Waals surface area contributed by atoms with E-state index in [2.05, 4.69) is 26.1 Å². The second-order valence-electron chi connectivity index (χ2n) is 6.02. The van der Waals surface area contributed by atoms with E-state index < -0.39 is 22.3 Å². The van der Waals surface area contributed by atoms with Gasteiger partial charge in [0.05, 0.1) is 4.92 Å². The van der Waals surface area contributed by atoms with E-state index in [1.54, 1.807) is 18.2 Å². The predicted octanol–water partition coefficient (Wildman–Crippen LogP) is 3.23. The van der Waals surface area contributed by atoms with Gasteiger partial charge in [-0.25, -0.2) is 14.4 Å². The predicted molar refractivity (Wildman–Crippen MR) is 106 cm³/mol. The van der Waals surface area contributed by atoms with E-state index in [-0.39, 0.29) is 23.0 Å². The van der Waals surface area contributed by atoms with Crippen LogP contribution in [-0.4, -0.2) is 26.6 Å². The van der Waals surface area contributed by atoms with E-state index in [4.69, 9.17) is 0 Å². The first-order valence-electron chi connectivity index (χ1n) is 8.54. The van der Waals surface area contributed by atoms with Gasteiger partial charge in [-0.2, -0.15) is 0 Å². The minimum absolute atomic E-state index is 0.139. The van der Waals surface area contributed by atoms with Gasteiger partial charge in [-0.3, -0.25) is 30.6 Å². The van der Waals surface area contributed by atoms with Gasteiger partial charge in [-0.15, -0.1) is 0 Å². The van der Waals surface area contributed by atoms with Crippen molar-refractivity contribution in [3.63, 3.8) is 0 Å². The lowest BCUT2D eigenvalue weighted by molar-refractivity contribution is -0.383. The van der Waals surface area contributed by atoms with Crippen LogP contribution in [-0.2, 0) is 0 Å². The van der Waals surface area contributed by atoms with Crippen molar-refractivity contribution in [3.8, 4) is 0 Å². The van der Waals surface area contributed by atoms with Gasteiger partial charge in [-0.05, 0) is 43.3 Å². The Balaban J connectivity index is 1.83. The number of ketones is 1. The first-order valence-corrected chi connectivity index (χ1v) is 8.54. The lowest BCUT2D eigenvalue weighted by Gasteiger charge is -2.11. The van der Waals surface area contributed by atoms with Gasteiger partial charge in [0.15, 0.2) is 5.78 Å². The summed E-state index contributed by atoms with van der Waals surface area (Å²) in [5.41, 5.74) is 5.09. The third-order valence-corrected chi connectivity index (χ3v) is 3.94. The number of aromatic nitrogens is 2. The topological polar surface area (TPSA) is 139 Å². The first kappa shape index (κ1) is 20.3. The number of carbonyl (C=O) groups excluding carboxylic acids is 2. The lowest BCUT2D eigenvalue weighted by atomic mass is 10.1. The molecule has 0 unspecified atom stereocenters. The number of hydrazine groups is 1. The van der Waals surface area contributed by atoms with Crippen molar-refractivity contribution in [2.45, 2.75) is 6.92 Å². The van der Waals surface area contributed by atoms with E-state index in [0.29, 0.717) is 11.3 Å². The van der Waals surface area contributed by atoms with E-state index >= 15 is 0 Å². The Hall–Kier alpha value is -4.41. The molecule has 1 aromatic heterocycles. The van der Waals surface area contributed by atoms with Gasteiger partial charge < -0.3 is 5.32 Å². The van der Waals surface area contributed by atoms with Crippen molar-refractivity contribution < 1.29 is 18.9 Å². The zero-order chi connectivity index (χ0) is 21.7. The van der Waals surface area contributed by atoms with Crippen LogP contribution >= 0.6 is 0 Å². The van der Waals surface area contributed by atoms with Crippen LogP contribution in [0.4, 0.5) is 27.4 Å². The molecule has 0 bridgehead atoms. The fraction of sp³-hybridized carbons (Fsp3) is 0.0526. The Bertz CT molecular complexity index is 1120. The van der Waals surface area contributed by atoms with Crippen LogP contribution in [0.3, 0.4) is 0 Å². The normalized spacial score (nSPS) is 10.2. The number of hydrogen-bond donors (Lipinski definition) is 3. The molecule has 11 heteroatoms. The minimum Gasteiger partial charge on any atom is -0.334 e. The van der Waals surface area contributed by atoms with Crippen molar-refractivity contribution in [2.24, 2.45) is 0 Å². The quantitative estimate of drug-likeness (QED) is 0.306. The van der Waals surface area contributed by atoms with Gasteiger partial charge >= 0.3 is 5.69 Å². The maximum absolute atomic E-state index is 13.0. The molecular weight excluding hydrogens is 395 g/mol. The number of halogens is 1. The number of nitro groups is 1. The number of rotatable bonds is 7. The molecule has 0 aliphatic heterocycles. The molecule has 0 radical (unpaired) electrons. The zero-order valence-electron chi connectivity index (χ0n) is 15.5. The lowest BCUT2D eigenvalue weighted by Crippen LogP contribution is -2.30. The van der Waals surface area contributed by atoms with Crippen LogP contribution in [0.25, 0.3) is 0 Å². The van der Waals surface area contributed by atoms with Crippen molar-refractivity contribution >= 4 is 34.7 Å². The molecule has 2 aromatic carbocycles. The fourth-order valence-electron chi connectivity index (χ4n) is 2.48. The second kappa shape index (κ2) is 8.73. The van der Waals surface area contributed by atoms with Gasteiger partial charge in [0.1, 0.15) is 12.1 Å². The van der Waals surface area contributed by atoms with Crippen LogP contribution < -0.4 is 16.2 Å². The summed E-state index contributed by atoms with van der Waals surface area (Å²) in [5, 5.41) is 14.4. The molecule has 3 aromatic rings. The van der Waals surface area contributed by atoms with Crippen molar-refractivity contribution in [2.75, 3.05) is 10.7 Å². The molecule has 0 aliphatic carbocycles. The van der Waals surface area contributed by atoms with Crippen LogP contribution in [0, 0.1) is 15.9 Å². The molecule has 0 spiro atoms. The minimum atomic E-state index is -0.719. The highest BCUT2D eigenvalue weighted by Crippen LogP contribution is 2.31. The monoisotopic (exact) mass is 410 g/mol. The summed E-state index contributed by atoms with van der Waals surface area (Å²) in [6, 6.07) is 11.1. The molecule has 3 N–H and O–H groups in total. The summed E-state index contributed by atoms with van der Waals surface area (Å²) in [6.45, 7) is 1.40. The maximum Gasteiger partial charge on any atom is 0.355 e. The van der Waals surface area contributed by atoms with Crippen molar-refractivity contribution in [1.82, 2.24) is 15.4 Å². The number of amides is 1. The number of benzene rings is 2. The molecule has 0 saturated carbocycles. The summed E-state index contributed by atoms with van der Waals surface area (Å²) in [6.07, 6.45) is 1.07. The number of Topliss-reactive ketones (excluding diaryl/α,β-unsaturated/α-hetero) is 1. The highest BCUT2D eigenvalue weighted by atomic mass is 19.1. The highest BCUT2D eigenvalue weighted by molar-refractivity contribution is 5.96. The molecule has 10 nitrogen and oxygen atoms in total. The number of anilines is 3. The molecule has 3 rings (SSSR count). The maximum atomic E-state index is 13.0. The average Bonchev–Trinajstić information content (AvgIpc) is 2.72. The summed E-state index contributed by atoms with van der Waals surface area (Å²) in [4.78, 5) is 42.2. The van der Waals surface area contributed by atoms with Crippen LogP contribution in [0.2, 0.25) is 0 Å². The standard InChI is InChI=1S/C19H15FN6O4/c1-11(27)13-3-2-4-15(9-13)23-17-16(26(29)30)18(22-10-21-17)24-25-19(28)12-5-7-14(20)8-6-12/h2-10H,1H3,(H,25,28)(H2,21,22,23,24). The van der Waals surface area contributed by atoms with E-state index in [1.807, 2.05) is 0 Å². The summed E-state index contributed by atoms with van der Waals surface area (Å²) < 4.78 is 13.0. The van der Waals surface area contributed by atoms with E-state index in [0.717, 1.165) is 18.5 Å². The van der Waals surface area contributed by atoms with Crippen LogP contribution in [0.1, 0.15) is 27.6 Å². The Kier molecular flexibility index (Phi) is 5.92. The van der Waals surface area contributed by atoms with Gasteiger partial charge in [0, 0.05) is 16.8 Å². The van der Waals surface area contributed by atoms with Crippen LogP contribution in [0.15, 0.2) is 54.9 Å². The molecular formula is C19H15FN6O4. The Morgan fingerprint density at radius 2 is 1.73 bits per heavy atom. The van der Waals surface area contributed by atoms with Crippen molar-refractivity contribution in [1.29, 1.82) is 0 Å². The molecule has 0 fully saturated rings. The first-order chi connectivity index (χ1) is 14.3. The summed E-state index contributed by atoms with van der Waals surface area (Å²) in [7, 11) is 0. The Morgan fingerprint density at radius 1 is 1.03 bits per heavy atom. The largest absolute Gasteiger partial charge is 0.355 e. The molecule has 30 heavy (non-hydrogen) atoms. The summed E-state index contributed by atoms with van der Waals surface area (Å²) >= 11 is 0.